The summed E-state index contributed by atoms with van der Waals surface area (Å²) in [5, 5.41) is 0. The lowest BCUT2D eigenvalue weighted by atomic mass is 9.86. The Morgan fingerprint density at radius 3 is 2.71 bits per heavy atom. The number of nitrogens with zero attached hydrogens (tertiary/aromatic N) is 3. The van der Waals surface area contributed by atoms with E-state index in [2.05, 4.69) is 9.88 Å². The van der Waals surface area contributed by atoms with Gasteiger partial charge in [0.25, 0.3) is 0 Å². The van der Waals surface area contributed by atoms with E-state index in [1.807, 2.05) is 24.0 Å². The molecule has 4 nitrogen and oxygen atoms in total. The van der Waals surface area contributed by atoms with Gasteiger partial charge in [0.1, 0.15) is 0 Å². The third-order valence-corrected chi connectivity index (χ3v) is 3.44. The van der Waals surface area contributed by atoms with E-state index in [1.165, 1.54) is 12.8 Å². The highest BCUT2D eigenvalue weighted by atomic mass is 15.4. The molecule has 1 aromatic rings. The van der Waals surface area contributed by atoms with E-state index in [-0.39, 0.29) is 5.54 Å². The summed E-state index contributed by atoms with van der Waals surface area (Å²) in [5.41, 5.74) is 6.37. The molecule has 1 aliphatic carbocycles. The molecule has 1 aromatic heterocycles. The third-order valence-electron chi connectivity index (χ3n) is 3.44. The zero-order chi connectivity index (χ0) is 9.76. The Morgan fingerprint density at radius 2 is 2.21 bits per heavy atom. The van der Waals surface area contributed by atoms with Crippen LogP contribution in [0.3, 0.4) is 0 Å². The predicted molar refractivity (Wildman–Crippen MR) is 55.1 cm³/mol. The Morgan fingerprint density at radius 1 is 1.50 bits per heavy atom. The lowest BCUT2D eigenvalue weighted by molar-refractivity contribution is 0.286. The van der Waals surface area contributed by atoms with Crippen LogP contribution in [0.4, 0.5) is 5.95 Å². The number of aromatic nitrogens is 2. The number of rotatable bonds is 2. The summed E-state index contributed by atoms with van der Waals surface area (Å²) in [6.45, 7) is 1.95. The SMILES string of the molecule is Cn1ccnc1N1CC(N)(C2CC2)C1. The van der Waals surface area contributed by atoms with Gasteiger partial charge < -0.3 is 15.2 Å². The summed E-state index contributed by atoms with van der Waals surface area (Å²) in [6.07, 6.45) is 6.46. The summed E-state index contributed by atoms with van der Waals surface area (Å²) < 4.78 is 2.05. The van der Waals surface area contributed by atoms with Crippen molar-refractivity contribution in [3.63, 3.8) is 0 Å². The quantitative estimate of drug-likeness (QED) is 0.735. The van der Waals surface area contributed by atoms with Crippen molar-refractivity contribution >= 4 is 5.95 Å². The van der Waals surface area contributed by atoms with E-state index in [0.717, 1.165) is 25.0 Å². The van der Waals surface area contributed by atoms with E-state index in [9.17, 15) is 0 Å². The first-order chi connectivity index (χ1) is 6.69. The molecule has 0 unspecified atom stereocenters. The van der Waals surface area contributed by atoms with Gasteiger partial charge in [-0.1, -0.05) is 0 Å². The summed E-state index contributed by atoms with van der Waals surface area (Å²) in [5.74, 6) is 1.82. The van der Waals surface area contributed by atoms with E-state index < -0.39 is 0 Å². The molecule has 0 bridgehead atoms. The molecule has 2 N–H and O–H groups in total. The summed E-state index contributed by atoms with van der Waals surface area (Å²) in [4.78, 5) is 6.58. The molecular weight excluding hydrogens is 176 g/mol. The van der Waals surface area contributed by atoms with Crippen LogP contribution >= 0.6 is 0 Å². The summed E-state index contributed by atoms with van der Waals surface area (Å²) >= 11 is 0. The van der Waals surface area contributed by atoms with Gasteiger partial charge in [0.2, 0.25) is 5.95 Å². The minimum atomic E-state index is 0.0892. The monoisotopic (exact) mass is 192 g/mol. The highest BCUT2D eigenvalue weighted by Crippen LogP contribution is 2.43. The van der Waals surface area contributed by atoms with E-state index >= 15 is 0 Å². The molecule has 2 fully saturated rings. The lowest BCUT2D eigenvalue weighted by Crippen LogP contribution is -2.69. The maximum atomic E-state index is 6.28. The van der Waals surface area contributed by atoms with Crippen molar-refractivity contribution in [2.24, 2.45) is 18.7 Å². The molecule has 4 heteroatoms. The van der Waals surface area contributed by atoms with Crippen LogP contribution in [0.1, 0.15) is 12.8 Å². The lowest BCUT2D eigenvalue weighted by Gasteiger charge is -2.48. The third kappa shape index (κ3) is 1.07. The maximum absolute atomic E-state index is 6.28. The molecule has 76 valence electrons. The molecule has 0 spiro atoms. The van der Waals surface area contributed by atoms with Crippen molar-refractivity contribution in [3.05, 3.63) is 12.4 Å². The molecule has 0 amide bonds. The molecule has 3 rings (SSSR count). The van der Waals surface area contributed by atoms with Crippen LogP contribution in [0.15, 0.2) is 12.4 Å². The molecule has 1 saturated carbocycles. The van der Waals surface area contributed by atoms with Crippen molar-refractivity contribution in [1.82, 2.24) is 9.55 Å². The predicted octanol–water partition coefficient (Wildman–Crippen LogP) is 0.348. The van der Waals surface area contributed by atoms with Gasteiger partial charge in [-0.25, -0.2) is 4.98 Å². The smallest absolute Gasteiger partial charge is 0.205 e. The van der Waals surface area contributed by atoms with Crippen molar-refractivity contribution in [2.75, 3.05) is 18.0 Å². The highest BCUT2D eigenvalue weighted by Gasteiger charge is 2.51. The molecule has 14 heavy (non-hydrogen) atoms. The second-order valence-corrected chi connectivity index (χ2v) is 4.70. The first kappa shape index (κ1) is 8.29. The van der Waals surface area contributed by atoms with Crippen LogP contribution in [0.2, 0.25) is 0 Å². The first-order valence-corrected chi connectivity index (χ1v) is 5.20. The van der Waals surface area contributed by atoms with Gasteiger partial charge in [-0.05, 0) is 18.8 Å². The van der Waals surface area contributed by atoms with Gasteiger partial charge in [0.15, 0.2) is 0 Å². The molecule has 0 radical (unpaired) electrons. The second kappa shape index (κ2) is 2.51. The van der Waals surface area contributed by atoms with Crippen LogP contribution in [0.5, 0.6) is 0 Å². The molecule has 0 aromatic carbocycles. The average molecular weight is 192 g/mol. The van der Waals surface area contributed by atoms with E-state index in [0.29, 0.717) is 0 Å². The Kier molecular flexibility index (Phi) is 1.49. The van der Waals surface area contributed by atoms with Gasteiger partial charge in [-0.15, -0.1) is 0 Å². The Hall–Kier alpha value is -1.03. The number of imidazole rings is 1. The van der Waals surface area contributed by atoms with Gasteiger partial charge in [0, 0.05) is 32.5 Å². The van der Waals surface area contributed by atoms with Crippen molar-refractivity contribution in [3.8, 4) is 0 Å². The Bertz CT molecular complexity index is 347. The number of hydrogen-bond donors (Lipinski definition) is 1. The number of aryl methyl sites for hydroxylation is 1. The molecule has 1 aliphatic heterocycles. The minimum Gasteiger partial charge on any atom is -0.338 e. The van der Waals surface area contributed by atoms with Crippen LogP contribution in [-0.2, 0) is 7.05 Å². The van der Waals surface area contributed by atoms with E-state index in [1.54, 1.807) is 0 Å². The maximum Gasteiger partial charge on any atom is 0.205 e. The molecular formula is C10H16N4. The standard InChI is InChI=1S/C10H16N4/c1-13-5-4-12-9(13)14-6-10(11,7-14)8-2-3-8/h4-5,8H,2-3,6-7,11H2,1H3. The van der Waals surface area contributed by atoms with Gasteiger partial charge in [-0.3, -0.25) is 0 Å². The zero-order valence-corrected chi connectivity index (χ0v) is 8.48. The average Bonchev–Trinajstić information content (AvgIpc) is 2.86. The fourth-order valence-corrected chi connectivity index (χ4v) is 2.38. The van der Waals surface area contributed by atoms with Gasteiger partial charge in [0.05, 0.1) is 5.54 Å². The van der Waals surface area contributed by atoms with Crippen molar-refractivity contribution in [2.45, 2.75) is 18.4 Å². The summed E-state index contributed by atoms with van der Waals surface area (Å²) in [6, 6.07) is 0. The first-order valence-electron chi connectivity index (χ1n) is 5.20. The van der Waals surface area contributed by atoms with E-state index in [4.69, 9.17) is 5.73 Å². The fourth-order valence-electron chi connectivity index (χ4n) is 2.38. The fraction of sp³-hybridized carbons (Fsp3) is 0.700. The van der Waals surface area contributed by atoms with Crippen LogP contribution < -0.4 is 10.6 Å². The van der Waals surface area contributed by atoms with Crippen LogP contribution in [0.25, 0.3) is 0 Å². The molecule has 2 aliphatic rings. The Labute approximate surface area is 83.7 Å². The largest absolute Gasteiger partial charge is 0.338 e. The van der Waals surface area contributed by atoms with Crippen LogP contribution in [-0.4, -0.2) is 28.2 Å². The zero-order valence-electron chi connectivity index (χ0n) is 8.48. The highest BCUT2D eigenvalue weighted by molar-refractivity contribution is 5.40. The van der Waals surface area contributed by atoms with Crippen LogP contribution in [0, 0.1) is 5.92 Å². The topological polar surface area (TPSA) is 47.1 Å². The number of anilines is 1. The van der Waals surface area contributed by atoms with Crippen molar-refractivity contribution in [1.29, 1.82) is 0 Å². The second-order valence-electron chi connectivity index (χ2n) is 4.70. The number of hydrogen-bond acceptors (Lipinski definition) is 3. The summed E-state index contributed by atoms with van der Waals surface area (Å²) in [7, 11) is 2.02. The minimum absolute atomic E-state index is 0.0892. The number of nitrogens with two attached hydrogens (primary N) is 1. The molecule has 1 saturated heterocycles. The Balaban J connectivity index is 1.72. The van der Waals surface area contributed by atoms with Gasteiger partial charge >= 0.3 is 0 Å². The normalized spacial score (nSPS) is 24.9. The van der Waals surface area contributed by atoms with Gasteiger partial charge in [-0.2, -0.15) is 0 Å². The molecule has 0 atom stereocenters. The molecule has 2 heterocycles. The van der Waals surface area contributed by atoms with Crippen molar-refractivity contribution < 1.29 is 0 Å².